The van der Waals surface area contributed by atoms with E-state index in [1.807, 2.05) is 0 Å². The van der Waals surface area contributed by atoms with Gasteiger partial charge in [0, 0.05) is 6.92 Å². The van der Waals surface area contributed by atoms with Gasteiger partial charge in [0.2, 0.25) is 0 Å². The molecular formula is C8H12F2O3. The van der Waals surface area contributed by atoms with Crippen molar-refractivity contribution in [2.24, 2.45) is 0 Å². The summed E-state index contributed by atoms with van der Waals surface area (Å²) >= 11 is 0. The second kappa shape index (κ2) is 3.57. The number of aliphatic hydroxyl groups excluding tert-OH is 1. The van der Waals surface area contributed by atoms with Crippen molar-refractivity contribution in [3.05, 3.63) is 0 Å². The Morgan fingerprint density at radius 1 is 1.54 bits per heavy atom. The van der Waals surface area contributed by atoms with Gasteiger partial charge in [-0.3, -0.25) is 0 Å². The molecule has 2 atom stereocenters. The van der Waals surface area contributed by atoms with Crippen LogP contribution in [0.4, 0.5) is 8.78 Å². The molecular weight excluding hydrogens is 182 g/mol. The number of esters is 1. The van der Waals surface area contributed by atoms with E-state index >= 15 is 0 Å². The van der Waals surface area contributed by atoms with Gasteiger partial charge in [0.15, 0.2) is 0 Å². The fourth-order valence-corrected chi connectivity index (χ4v) is 1.28. The molecule has 1 aliphatic carbocycles. The highest BCUT2D eigenvalue weighted by molar-refractivity contribution is 5.77. The van der Waals surface area contributed by atoms with Crippen LogP contribution in [0.25, 0.3) is 0 Å². The summed E-state index contributed by atoms with van der Waals surface area (Å²) in [5, 5.41) is 9.18. The standard InChI is InChI=1S/C8H12F2O3/c1-8(9,10)7(12)13-6-4-2-3-5(6)11/h5-6,11H,2-4H2,1H3. The van der Waals surface area contributed by atoms with Gasteiger partial charge in [0.1, 0.15) is 6.10 Å². The third-order valence-corrected chi connectivity index (χ3v) is 2.03. The van der Waals surface area contributed by atoms with Gasteiger partial charge in [-0.05, 0) is 19.3 Å². The quantitative estimate of drug-likeness (QED) is 0.669. The van der Waals surface area contributed by atoms with Gasteiger partial charge in [-0.2, -0.15) is 8.78 Å². The van der Waals surface area contributed by atoms with E-state index in [4.69, 9.17) is 0 Å². The minimum absolute atomic E-state index is 0.461. The summed E-state index contributed by atoms with van der Waals surface area (Å²) in [5.74, 6) is -5.03. The van der Waals surface area contributed by atoms with Crippen LogP contribution in [0.1, 0.15) is 26.2 Å². The van der Waals surface area contributed by atoms with Crippen molar-refractivity contribution in [2.45, 2.75) is 44.3 Å². The summed E-state index contributed by atoms with van der Waals surface area (Å²) in [5.41, 5.74) is 0. The van der Waals surface area contributed by atoms with Gasteiger partial charge < -0.3 is 9.84 Å². The van der Waals surface area contributed by atoms with Crippen LogP contribution in [0.5, 0.6) is 0 Å². The summed E-state index contributed by atoms with van der Waals surface area (Å²) in [6.45, 7) is 0.483. The van der Waals surface area contributed by atoms with Crippen LogP contribution >= 0.6 is 0 Å². The summed E-state index contributed by atoms with van der Waals surface area (Å²) in [6.07, 6.45) is 0.134. The molecule has 1 saturated carbocycles. The zero-order valence-electron chi connectivity index (χ0n) is 7.30. The molecule has 3 nitrogen and oxygen atoms in total. The molecule has 0 bridgehead atoms. The summed E-state index contributed by atoms with van der Waals surface area (Å²) in [4.78, 5) is 10.7. The van der Waals surface area contributed by atoms with Gasteiger partial charge in [-0.15, -0.1) is 0 Å². The molecule has 5 heteroatoms. The second-order valence-electron chi connectivity index (χ2n) is 3.33. The maximum absolute atomic E-state index is 12.3. The fourth-order valence-electron chi connectivity index (χ4n) is 1.28. The molecule has 1 rings (SSSR count). The summed E-state index contributed by atoms with van der Waals surface area (Å²) in [6, 6.07) is 0. The highest BCUT2D eigenvalue weighted by atomic mass is 19.3. The summed E-state index contributed by atoms with van der Waals surface area (Å²) in [7, 11) is 0. The molecule has 0 aliphatic heterocycles. The lowest BCUT2D eigenvalue weighted by atomic mass is 10.2. The van der Waals surface area contributed by atoms with Crippen molar-refractivity contribution in [3.63, 3.8) is 0 Å². The average Bonchev–Trinajstić information content (AvgIpc) is 2.34. The molecule has 2 unspecified atom stereocenters. The van der Waals surface area contributed by atoms with Crippen LogP contribution in [0, 0.1) is 0 Å². The maximum atomic E-state index is 12.3. The third kappa shape index (κ3) is 2.62. The first-order valence-electron chi connectivity index (χ1n) is 4.18. The number of hydrogen-bond acceptors (Lipinski definition) is 3. The first kappa shape index (κ1) is 10.4. The lowest BCUT2D eigenvalue weighted by Gasteiger charge is -2.17. The Kier molecular flexibility index (Phi) is 2.85. The van der Waals surface area contributed by atoms with E-state index in [1.165, 1.54) is 0 Å². The Morgan fingerprint density at radius 2 is 2.15 bits per heavy atom. The Bertz CT molecular complexity index is 200. The van der Waals surface area contributed by atoms with E-state index in [-0.39, 0.29) is 0 Å². The minimum Gasteiger partial charge on any atom is -0.455 e. The highest BCUT2D eigenvalue weighted by Gasteiger charge is 2.38. The van der Waals surface area contributed by atoms with Crippen LogP contribution < -0.4 is 0 Å². The molecule has 0 aromatic heterocycles. The zero-order valence-corrected chi connectivity index (χ0v) is 7.30. The largest absolute Gasteiger partial charge is 0.455 e. The van der Waals surface area contributed by atoms with E-state index in [1.54, 1.807) is 0 Å². The Balaban J connectivity index is 2.45. The number of hydrogen-bond donors (Lipinski definition) is 1. The summed E-state index contributed by atoms with van der Waals surface area (Å²) < 4.78 is 29.1. The van der Waals surface area contributed by atoms with E-state index in [9.17, 15) is 18.7 Å². The van der Waals surface area contributed by atoms with Gasteiger partial charge in [0.05, 0.1) is 6.10 Å². The lowest BCUT2D eigenvalue weighted by Crippen LogP contribution is -2.34. The molecule has 0 amide bonds. The molecule has 0 aromatic carbocycles. The number of rotatable bonds is 2. The molecule has 0 radical (unpaired) electrons. The van der Waals surface area contributed by atoms with E-state index in [0.29, 0.717) is 26.2 Å². The van der Waals surface area contributed by atoms with Gasteiger partial charge in [-0.25, -0.2) is 4.79 Å². The smallest absolute Gasteiger partial charge is 0.377 e. The van der Waals surface area contributed by atoms with Gasteiger partial charge in [-0.1, -0.05) is 0 Å². The van der Waals surface area contributed by atoms with Crippen molar-refractivity contribution >= 4 is 5.97 Å². The predicted molar refractivity (Wildman–Crippen MR) is 40.4 cm³/mol. The van der Waals surface area contributed by atoms with E-state index in [2.05, 4.69) is 4.74 Å². The minimum atomic E-state index is -3.47. The maximum Gasteiger partial charge on any atom is 0.377 e. The molecule has 0 heterocycles. The van der Waals surface area contributed by atoms with Crippen molar-refractivity contribution < 1.29 is 23.4 Å². The topological polar surface area (TPSA) is 46.5 Å². The number of halogens is 2. The van der Waals surface area contributed by atoms with E-state index < -0.39 is 24.1 Å². The SMILES string of the molecule is CC(F)(F)C(=O)OC1CCCC1O. The fraction of sp³-hybridized carbons (Fsp3) is 0.875. The number of alkyl halides is 2. The van der Waals surface area contributed by atoms with Gasteiger partial charge >= 0.3 is 11.9 Å². The van der Waals surface area contributed by atoms with Crippen LogP contribution in [0.15, 0.2) is 0 Å². The molecule has 0 aromatic rings. The number of carbonyl (C=O) groups is 1. The Hall–Kier alpha value is -0.710. The molecule has 0 spiro atoms. The van der Waals surface area contributed by atoms with Crippen LogP contribution in [-0.2, 0) is 9.53 Å². The van der Waals surface area contributed by atoms with Crippen molar-refractivity contribution in [1.29, 1.82) is 0 Å². The van der Waals surface area contributed by atoms with Crippen molar-refractivity contribution in [3.8, 4) is 0 Å². The van der Waals surface area contributed by atoms with Crippen molar-refractivity contribution in [1.82, 2.24) is 0 Å². The molecule has 76 valence electrons. The van der Waals surface area contributed by atoms with E-state index in [0.717, 1.165) is 0 Å². The number of aliphatic hydroxyl groups is 1. The van der Waals surface area contributed by atoms with Crippen LogP contribution in [-0.4, -0.2) is 29.2 Å². The van der Waals surface area contributed by atoms with Gasteiger partial charge in [0.25, 0.3) is 0 Å². The first-order chi connectivity index (χ1) is 5.91. The Labute approximate surface area is 74.7 Å². The molecule has 1 N–H and O–H groups in total. The molecule has 13 heavy (non-hydrogen) atoms. The number of carbonyl (C=O) groups excluding carboxylic acids is 1. The average molecular weight is 194 g/mol. The third-order valence-electron chi connectivity index (χ3n) is 2.03. The Morgan fingerprint density at radius 3 is 2.54 bits per heavy atom. The monoisotopic (exact) mass is 194 g/mol. The van der Waals surface area contributed by atoms with Crippen LogP contribution in [0.2, 0.25) is 0 Å². The lowest BCUT2D eigenvalue weighted by molar-refractivity contribution is -0.178. The molecule has 0 saturated heterocycles. The highest BCUT2D eigenvalue weighted by Crippen LogP contribution is 2.24. The second-order valence-corrected chi connectivity index (χ2v) is 3.33. The predicted octanol–water partition coefficient (Wildman–Crippen LogP) is 1.10. The van der Waals surface area contributed by atoms with Crippen LogP contribution in [0.3, 0.4) is 0 Å². The molecule has 1 aliphatic rings. The molecule has 1 fully saturated rings. The normalized spacial score (nSPS) is 28.9. The zero-order chi connectivity index (χ0) is 10.1. The first-order valence-corrected chi connectivity index (χ1v) is 4.18. The van der Waals surface area contributed by atoms with Crippen molar-refractivity contribution in [2.75, 3.05) is 0 Å². The number of ether oxygens (including phenoxy) is 1.